The molecule has 9 heteroatoms. The van der Waals surface area contributed by atoms with Crippen molar-refractivity contribution in [1.29, 1.82) is 0 Å². The van der Waals surface area contributed by atoms with E-state index in [1.54, 1.807) is 12.1 Å². The highest BCUT2D eigenvalue weighted by Crippen LogP contribution is 2.38. The number of hydrogen-bond donors (Lipinski definition) is 2. The maximum atomic E-state index is 13.0. The molecule has 2 aromatic rings. The first-order chi connectivity index (χ1) is 19.2. The predicted molar refractivity (Wildman–Crippen MR) is 148 cm³/mol. The minimum absolute atomic E-state index is 0.0453. The van der Waals surface area contributed by atoms with Gasteiger partial charge in [0.05, 0.1) is 11.6 Å². The number of carbonyl (C=O) groups excluding carboxylic acids is 1. The molecule has 0 radical (unpaired) electrons. The normalized spacial score (nSPS) is 17.6. The summed E-state index contributed by atoms with van der Waals surface area (Å²) in [5.74, 6) is -1.21. The van der Waals surface area contributed by atoms with Crippen molar-refractivity contribution in [3.8, 4) is 0 Å². The molecular weight excluding hydrogens is 521 g/mol. The summed E-state index contributed by atoms with van der Waals surface area (Å²) in [6, 6.07) is 11.2. The second kappa shape index (κ2) is 15.6. The molecule has 3 rings (SSSR count). The zero-order valence-corrected chi connectivity index (χ0v) is 23.0. The molecule has 0 saturated carbocycles. The first-order valence-corrected chi connectivity index (χ1v) is 14.1. The fourth-order valence-corrected chi connectivity index (χ4v) is 4.53. The van der Waals surface area contributed by atoms with E-state index in [4.69, 9.17) is 4.84 Å². The molecule has 3 unspecified atom stereocenters. The number of nitrogens with one attached hydrogen (secondary N) is 1. The number of aliphatic carboxylic acids is 1. The molecule has 0 bridgehead atoms. The average molecular weight is 561 g/mol. The summed E-state index contributed by atoms with van der Waals surface area (Å²) >= 11 is 0. The van der Waals surface area contributed by atoms with Gasteiger partial charge in [-0.3, -0.25) is 9.63 Å². The number of anilines is 1. The number of hydrogen-bond acceptors (Lipinski definition) is 4. The smallest absolute Gasteiger partial charge is 0.416 e. The van der Waals surface area contributed by atoms with E-state index in [0.29, 0.717) is 24.1 Å². The number of unbranched alkanes of at least 4 members (excludes halogenated alkanes) is 7. The lowest BCUT2D eigenvalue weighted by atomic mass is 9.97. The monoisotopic (exact) mass is 560 g/mol. The van der Waals surface area contributed by atoms with Crippen LogP contribution < -0.4 is 5.32 Å². The summed E-state index contributed by atoms with van der Waals surface area (Å²) in [5.41, 5.74) is 1.21. The topological polar surface area (TPSA) is 81.9 Å². The van der Waals surface area contributed by atoms with Crippen molar-refractivity contribution in [1.82, 2.24) is 5.06 Å². The number of carboxylic acids is 1. The highest BCUT2D eigenvalue weighted by Gasteiger charge is 2.48. The molecule has 1 saturated heterocycles. The van der Waals surface area contributed by atoms with Gasteiger partial charge in [-0.2, -0.15) is 13.2 Å². The minimum Gasteiger partial charge on any atom is -0.478 e. The Morgan fingerprint density at radius 2 is 1.57 bits per heavy atom. The molecule has 0 aromatic heterocycles. The third-order valence-corrected chi connectivity index (χ3v) is 6.88. The molecule has 2 aromatic carbocycles. The van der Waals surface area contributed by atoms with Crippen molar-refractivity contribution in [2.24, 2.45) is 0 Å². The molecule has 2 N–H and O–H groups in total. The fraction of sp³-hybridized carbons (Fsp3) is 0.484. The molecular formula is C31H39F3N2O4. The van der Waals surface area contributed by atoms with E-state index in [2.05, 4.69) is 24.4 Å². The molecule has 3 atom stereocenters. The molecule has 40 heavy (non-hydrogen) atoms. The largest absolute Gasteiger partial charge is 0.478 e. The zero-order valence-electron chi connectivity index (χ0n) is 23.0. The maximum Gasteiger partial charge on any atom is 0.416 e. The minimum atomic E-state index is -4.46. The number of benzene rings is 2. The van der Waals surface area contributed by atoms with Gasteiger partial charge in [-0.05, 0) is 67.5 Å². The Kier molecular flexibility index (Phi) is 12.2. The van der Waals surface area contributed by atoms with Crippen molar-refractivity contribution in [2.45, 2.75) is 96.0 Å². The third kappa shape index (κ3) is 10.4. The maximum absolute atomic E-state index is 13.0. The second-order valence-corrected chi connectivity index (χ2v) is 10.2. The van der Waals surface area contributed by atoms with Gasteiger partial charge < -0.3 is 10.4 Å². The molecule has 218 valence electrons. The van der Waals surface area contributed by atoms with Crippen LogP contribution in [0.1, 0.15) is 93.9 Å². The molecule has 1 amide bonds. The van der Waals surface area contributed by atoms with Crippen molar-refractivity contribution in [2.75, 3.05) is 5.32 Å². The Balaban J connectivity index is 1.44. The molecule has 1 fully saturated rings. The van der Waals surface area contributed by atoms with Crippen LogP contribution in [0.25, 0.3) is 0 Å². The molecule has 6 nitrogen and oxygen atoms in total. The van der Waals surface area contributed by atoms with Crippen LogP contribution in [0.3, 0.4) is 0 Å². The van der Waals surface area contributed by atoms with E-state index in [-0.39, 0.29) is 5.91 Å². The summed E-state index contributed by atoms with van der Waals surface area (Å²) in [6.45, 7) is 2.20. The van der Waals surface area contributed by atoms with Gasteiger partial charge in [-0.1, -0.05) is 75.4 Å². The van der Waals surface area contributed by atoms with Crippen molar-refractivity contribution < 1.29 is 32.7 Å². The van der Waals surface area contributed by atoms with E-state index in [0.717, 1.165) is 43.4 Å². The Hall–Kier alpha value is -3.17. The van der Waals surface area contributed by atoms with Crippen LogP contribution in [0.15, 0.2) is 60.7 Å². The standard InChI is InChI=1S/C31H39F3N2O4/c1-2-3-4-5-6-7-8-9-10-11-12-13-28(37)35-26-20-14-23(15-21-26)22-27(36-29(40-36)30(38)39)24-16-18-25(19-17-24)31(32,33)34/h5-6,14-21,27,29H,2-4,7-13,22H2,1H3,(H,35,37)(H,38,39)/b6-5-. The lowest BCUT2D eigenvalue weighted by Gasteiger charge is -2.18. The van der Waals surface area contributed by atoms with Gasteiger partial charge in [-0.15, -0.1) is 5.06 Å². The van der Waals surface area contributed by atoms with E-state index < -0.39 is 30.0 Å². The van der Waals surface area contributed by atoms with E-state index in [1.807, 2.05) is 12.1 Å². The number of nitrogens with zero attached hydrogens (tertiary/aromatic N) is 1. The van der Waals surface area contributed by atoms with Crippen LogP contribution in [0.5, 0.6) is 0 Å². The highest BCUT2D eigenvalue weighted by molar-refractivity contribution is 5.90. The van der Waals surface area contributed by atoms with E-state index >= 15 is 0 Å². The Labute approximate surface area is 234 Å². The van der Waals surface area contributed by atoms with Gasteiger partial charge in [0.1, 0.15) is 0 Å². The summed E-state index contributed by atoms with van der Waals surface area (Å²) < 4.78 is 38.9. The molecule has 0 aliphatic carbocycles. The summed E-state index contributed by atoms with van der Waals surface area (Å²) in [6.07, 6.45) is 9.81. The predicted octanol–water partition coefficient (Wildman–Crippen LogP) is 8.06. The number of amides is 1. The fourth-order valence-electron chi connectivity index (χ4n) is 4.53. The zero-order chi connectivity index (χ0) is 29.0. The number of carbonyl (C=O) groups is 2. The number of rotatable bonds is 17. The third-order valence-electron chi connectivity index (χ3n) is 6.88. The number of halogens is 3. The number of alkyl halides is 3. The van der Waals surface area contributed by atoms with Gasteiger partial charge in [0.2, 0.25) is 5.91 Å². The van der Waals surface area contributed by atoms with Crippen LogP contribution >= 0.6 is 0 Å². The quantitative estimate of drug-likeness (QED) is 0.116. The molecule has 1 heterocycles. The van der Waals surface area contributed by atoms with Crippen LogP contribution in [-0.2, 0) is 27.0 Å². The SMILES string of the molecule is CCCC/C=C\CCCCCCCC(=O)Nc1ccc(CC(c2ccc(C(F)(F)F)cc2)N2OC2C(=O)O)cc1. The van der Waals surface area contributed by atoms with Crippen molar-refractivity contribution in [3.63, 3.8) is 0 Å². The molecule has 1 aliphatic heterocycles. The summed E-state index contributed by atoms with van der Waals surface area (Å²) in [7, 11) is 0. The Morgan fingerprint density at radius 1 is 0.950 bits per heavy atom. The van der Waals surface area contributed by atoms with Gasteiger partial charge in [0.25, 0.3) is 6.23 Å². The number of hydroxylamine groups is 2. The van der Waals surface area contributed by atoms with Crippen molar-refractivity contribution in [3.05, 3.63) is 77.4 Å². The highest BCUT2D eigenvalue weighted by atomic mass is 19.4. The first-order valence-electron chi connectivity index (χ1n) is 14.1. The van der Waals surface area contributed by atoms with Crippen LogP contribution in [0, 0.1) is 0 Å². The van der Waals surface area contributed by atoms with Crippen LogP contribution in [-0.4, -0.2) is 28.3 Å². The summed E-state index contributed by atoms with van der Waals surface area (Å²) in [4.78, 5) is 28.9. The van der Waals surface area contributed by atoms with Gasteiger partial charge in [-0.25, -0.2) is 4.79 Å². The molecule has 0 spiro atoms. The summed E-state index contributed by atoms with van der Waals surface area (Å²) in [5, 5.41) is 13.4. The Morgan fingerprint density at radius 3 is 2.17 bits per heavy atom. The second-order valence-electron chi connectivity index (χ2n) is 10.2. The van der Waals surface area contributed by atoms with E-state index in [1.165, 1.54) is 49.3 Å². The average Bonchev–Trinajstić information content (AvgIpc) is 3.72. The lowest BCUT2D eigenvalue weighted by molar-refractivity contribution is -0.139. The van der Waals surface area contributed by atoms with Crippen LogP contribution in [0.2, 0.25) is 0 Å². The van der Waals surface area contributed by atoms with E-state index in [9.17, 15) is 27.9 Å². The van der Waals surface area contributed by atoms with Gasteiger partial charge >= 0.3 is 12.1 Å². The first kappa shape index (κ1) is 31.4. The number of carboxylic acid groups (broad SMARTS) is 1. The van der Waals surface area contributed by atoms with Crippen molar-refractivity contribution >= 4 is 17.6 Å². The Bertz CT molecular complexity index is 1100. The lowest BCUT2D eigenvalue weighted by Crippen LogP contribution is -2.19. The van der Waals surface area contributed by atoms with Gasteiger partial charge in [0.15, 0.2) is 0 Å². The van der Waals surface area contributed by atoms with Gasteiger partial charge in [0, 0.05) is 12.1 Å². The van der Waals surface area contributed by atoms with Crippen LogP contribution in [0.4, 0.5) is 18.9 Å². The molecule has 1 aliphatic rings. The number of allylic oxidation sites excluding steroid dienone is 2.